The van der Waals surface area contributed by atoms with E-state index < -0.39 is 0 Å². The molecule has 0 saturated carbocycles. The molecule has 0 amide bonds. The highest BCUT2D eigenvalue weighted by Crippen LogP contribution is 2.27. The van der Waals surface area contributed by atoms with Gasteiger partial charge in [-0.15, -0.1) is 0 Å². The van der Waals surface area contributed by atoms with Crippen molar-refractivity contribution in [3.05, 3.63) is 12.2 Å². The summed E-state index contributed by atoms with van der Waals surface area (Å²) in [6, 6.07) is 0. The summed E-state index contributed by atoms with van der Waals surface area (Å²) in [4.78, 5) is 4.30. The average molecular weight is 293 g/mol. The lowest BCUT2D eigenvalue weighted by Crippen LogP contribution is -2.23. The molecule has 0 radical (unpaired) electrons. The van der Waals surface area contributed by atoms with Gasteiger partial charge in [0.05, 0.1) is 8.96 Å². The van der Waals surface area contributed by atoms with E-state index in [2.05, 4.69) is 67.3 Å². The van der Waals surface area contributed by atoms with E-state index in [9.17, 15) is 0 Å². The lowest BCUT2D eigenvalue weighted by atomic mass is 10.1. The minimum atomic E-state index is 0.00819. The van der Waals surface area contributed by atoms with Crippen LogP contribution in [0.2, 0.25) is 0 Å². The van der Waals surface area contributed by atoms with Crippen LogP contribution >= 0.6 is 22.6 Å². The largest absolute Gasteiger partial charge is 0.247 e. The number of rotatable bonds is 1. The predicted molar refractivity (Wildman–Crippen MR) is 62.1 cm³/mol. The molecule has 0 aliphatic rings. The summed E-state index contributed by atoms with van der Waals surface area (Å²) in [5.74, 6) is 0.892. The standard InChI is InChI=1S/C9H16IN3/c1-8(2,3)13-6-11-7(12-13)9(4,5)10/h6H,1-5H3. The molecule has 1 aromatic heterocycles. The first-order chi connectivity index (χ1) is 5.71. The Hall–Kier alpha value is -0.130. The number of hydrogen-bond acceptors (Lipinski definition) is 2. The SMILES string of the molecule is CC(C)(I)c1ncn(C(C)(C)C)n1. The smallest absolute Gasteiger partial charge is 0.165 e. The van der Waals surface area contributed by atoms with Crippen molar-refractivity contribution < 1.29 is 0 Å². The Bertz CT molecular complexity index is 262. The van der Waals surface area contributed by atoms with E-state index in [0.717, 1.165) is 5.82 Å². The molecule has 0 fully saturated rings. The highest BCUT2D eigenvalue weighted by molar-refractivity contribution is 14.1. The molecule has 0 atom stereocenters. The number of nitrogens with zero attached hydrogens (tertiary/aromatic N) is 3. The second-order valence-corrected chi connectivity index (χ2v) is 7.35. The highest BCUT2D eigenvalue weighted by Gasteiger charge is 2.23. The maximum atomic E-state index is 4.45. The summed E-state index contributed by atoms with van der Waals surface area (Å²) in [6.07, 6.45) is 1.80. The monoisotopic (exact) mass is 293 g/mol. The van der Waals surface area contributed by atoms with Gasteiger partial charge < -0.3 is 0 Å². The molecule has 3 nitrogen and oxygen atoms in total. The first kappa shape index (κ1) is 10.9. The van der Waals surface area contributed by atoms with Crippen LogP contribution in [0.15, 0.2) is 6.33 Å². The zero-order chi connectivity index (χ0) is 10.3. The molecule has 0 aromatic carbocycles. The Morgan fingerprint density at radius 2 is 1.77 bits per heavy atom. The fourth-order valence-corrected chi connectivity index (χ4v) is 1.11. The van der Waals surface area contributed by atoms with Gasteiger partial charge in [-0.3, -0.25) is 0 Å². The first-order valence-electron chi connectivity index (χ1n) is 4.33. The van der Waals surface area contributed by atoms with E-state index in [1.807, 2.05) is 4.68 Å². The van der Waals surface area contributed by atoms with Gasteiger partial charge >= 0.3 is 0 Å². The fraction of sp³-hybridized carbons (Fsp3) is 0.778. The molecular weight excluding hydrogens is 277 g/mol. The van der Waals surface area contributed by atoms with Gasteiger partial charge in [-0.2, -0.15) is 5.10 Å². The average Bonchev–Trinajstić information content (AvgIpc) is 2.28. The molecule has 74 valence electrons. The van der Waals surface area contributed by atoms with E-state index in [4.69, 9.17) is 0 Å². The van der Waals surface area contributed by atoms with Crippen LogP contribution in [0.4, 0.5) is 0 Å². The molecule has 0 aliphatic heterocycles. The van der Waals surface area contributed by atoms with Crippen molar-refractivity contribution >= 4 is 22.6 Å². The van der Waals surface area contributed by atoms with E-state index in [1.165, 1.54) is 0 Å². The van der Waals surface area contributed by atoms with Crippen LogP contribution in [0.5, 0.6) is 0 Å². The van der Waals surface area contributed by atoms with Crippen LogP contribution < -0.4 is 0 Å². The lowest BCUT2D eigenvalue weighted by Gasteiger charge is -2.18. The van der Waals surface area contributed by atoms with Gasteiger partial charge in [-0.1, -0.05) is 22.6 Å². The summed E-state index contributed by atoms with van der Waals surface area (Å²) >= 11 is 2.35. The zero-order valence-electron chi connectivity index (χ0n) is 8.80. The first-order valence-corrected chi connectivity index (χ1v) is 5.40. The van der Waals surface area contributed by atoms with Crippen molar-refractivity contribution in [3.63, 3.8) is 0 Å². The second-order valence-electron chi connectivity index (χ2n) is 4.66. The van der Waals surface area contributed by atoms with Crippen LogP contribution in [0.1, 0.15) is 40.4 Å². The number of halogens is 1. The van der Waals surface area contributed by atoms with Gasteiger partial charge in [0.2, 0.25) is 0 Å². The molecular formula is C9H16IN3. The number of hydrogen-bond donors (Lipinski definition) is 0. The Labute approximate surface area is 93.1 Å². The molecule has 13 heavy (non-hydrogen) atoms. The topological polar surface area (TPSA) is 30.7 Å². The summed E-state index contributed by atoms with van der Waals surface area (Å²) in [5.41, 5.74) is 0.0210. The predicted octanol–water partition coefficient (Wildman–Crippen LogP) is 2.70. The van der Waals surface area contributed by atoms with E-state index in [0.29, 0.717) is 0 Å². The highest BCUT2D eigenvalue weighted by atomic mass is 127. The van der Waals surface area contributed by atoms with Crippen molar-refractivity contribution in [2.75, 3.05) is 0 Å². The van der Waals surface area contributed by atoms with Gasteiger partial charge in [0.15, 0.2) is 5.82 Å². The maximum Gasteiger partial charge on any atom is 0.165 e. The second kappa shape index (κ2) is 3.22. The van der Waals surface area contributed by atoms with Gasteiger partial charge in [0.1, 0.15) is 6.33 Å². The Morgan fingerprint density at radius 1 is 1.23 bits per heavy atom. The summed E-state index contributed by atoms with van der Waals surface area (Å²) in [7, 11) is 0. The lowest BCUT2D eigenvalue weighted by molar-refractivity contribution is 0.351. The Morgan fingerprint density at radius 3 is 2.00 bits per heavy atom. The zero-order valence-corrected chi connectivity index (χ0v) is 11.0. The van der Waals surface area contributed by atoms with Crippen LogP contribution in [0.3, 0.4) is 0 Å². The number of alkyl halides is 1. The molecule has 0 bridgehead atoms. The molecule has 1 aromatic rings. The van der Waals surface area contributed by atoms with Crippen LogP contribution in [0.25, 0.3) is 0 Å². The van der Waals surface area contributed by atoms with Crippen molar-refractivity contribution in [3.8, 4) is 0 Å². The Kier molecular flexibility index (Phi) is 2.71. The third kappa shape index (κ3) is 2.65. The maximum absolute atomic E-state index is 4.45. The third-order valence-electron chi connectivity index (χ3n) is 1.71. The molecule has 0 N–H and O–H groups in total. The Balaban J connectivity index is 3.01. The quantitative estimate of drug-likeness (QED) is 0.589. The van der Waals surface area contributed by atoms with E-state index in [1.54, 1.807) is 6.33 Å². The van der Waals surface area contributed by atoms with Crippen molar-refractivity contribution in [2.24, 2.45) is 0 Å². The van der Waals surface area contributed by atoms with E-state index in [-0.39, 0.29) is 8.96 Å². The fourth-order valence-electron chi connectivity index (χ4n) is 0.859. The van der Waals surface area contributed by atoms with Gasteiger partial charge in [0, 0.05) is 0 Å². The summed E-state index contributed by atoms with van der Waals surface area (Å²) in [5, 5.41) is 4.45. The molecule has 0 saturated heterocycles. The molecule has 4 heteroatoms. The van der Waals surface area contributed by atoms with Crippen molar-refractivity contribution in [1.29, 1.82) is 0 Å². The third-order valence-corrected chi connectivity index (χ3v) is 2.19. The normalized spacial score (nSPS) is 13.4. The minimum absolute atomic E-state index is 0.00819. The van der Waals surface area contributed by atoms with Crippen molar-refractivity contribution in [2.45, 2.75) is 43.6 Å². The van der Waals surface area contributed by atoms with Crippen LogP contribution in [-0.4, -0.2) is 14.8 Å². The number of aromatic nitrogens is 3. The van der Waals surface area contributed by atoms with Crippen LogP contribution in [0, 0.1) is 0 Å². The molecule has 0 spiro atoms. The summed E-state index contributed by atoms with van der Waals surface area (Å²) in [6.45, 7) is 10.6. The molecule has 0 unspecified atom stereocenters. The molecule has 0 aliphatic carbocycles. The van der Waals surface area contributed by atoms with Crippen LogP contribution in [-0.2, 0) is 8.96 Å². The van der Waals surface area contributed by atoms with Gasteiger partial charge in [0.25, 0.3) is 0 Å². The van der Waals surface area contributed by atoms with Crippen molar-refractivity contribution in [1.82, 2.24) is 14.8 Å². The molecule has 1 rings (SSSR count). The van der Waals surface area contributed by atoms with Gasteiger partial charge in [-0.25, -0.2) is 9.67 Å². The molecule has 1 heterocycles. The minimum Gasteiger partial charge on any atom is -0.247 e. The summed E-state index contributed by atoms with van der Waals surface area (Å²) < 4.78 is 1.91. The van der Waals surface area contributed by atoms with E-state index >= 15 is 0 Å². The van der Waals surface area contributed by atoms with Gasteiger partial charge in [-0.05, 0) is 34.6 Å².